The molecule has 1 amide bonds. The average molecular weight is 233 g/mol. The van der Waals surface area contributed by atoms with E-state index in [1.165, 1.54) is 5.56 Å². The van der Waals surface area contributed by atoms with Gasteiger partial charge in [-0.25, -0.2) is 0 Å². The standard InChI is InChI=1S/C13H19N3O/c1-11(12-2-4-14-5-3-12)10-13(17)16-8-6-15-7-9-16/h2-5,11,15H,6-10H2,1H3. The molecule has 1 unspecified atom stereocenters. The van der Waals surface area contributed by atoms with E-state index in [9.17, 15) is 4.79 Å². The van der Waals surface area contributed by atoms with Crippen molar-refractivity contribution in [2.75, 3.05) is 26.2 Å². The molecule has 1 aromatic heterocycles. The van der Waals surface area contributed by atoms with Crippen LogP contribution in [-0.2, 0) is 4.79 Å². The SMILES string of the molecule is CC(CC(=O)N1CCNCC1)c1ccncc1. The number of amides is 1. The molecule has 92 valence electrons. The highest BCUT2D eigenvalue weighted by Crippen LogP contribution is 2.19. The Bertz CT molecular complexity index is 360. The summed E-state index contributed by atoms with van der Waals surface area (Å²) < 4.78 is 0. The smallest absolute Gasteiger partial charge is 0.223 e. The topological polar surface area (TPSA) is 45.2 Å². The second-order valence-electron chi connectivity index (χ2n) is 4.52. The van der Waals surface area contributed by atoms with Gasteiger partial charge < -0.3 is 10.2 Å². The monoisotopic (exact) mass is 233 g/mol. The Labute approximate surface area is 102 Å². The number of carbonyl (C=O) groups excluding carboxylic acids is 1. The van der Waals surface area contributed by atoms with E-state index in [2.05, 4.69) is 17.2 Å². The minimum Gasteiger partial charge on any atom is -0.340 e. The molecular formula is C13H19N3O. The lowest BCUT2D eigenvalue weighted by Gasteiger charge is -2.28. The van der Waals surface area contributed by atoms with Gasteiger partial charge in [0.2, 0.25) is 5.91 Å². The Morgan fingerprint density at radius 3 is 2.71 bits per heavy atom. The minimum atomic E-state index is 0.260. The highest BCUT2D eigenvalue weighted by Gasteiger charge is 2.18. The van der Waals surface area contributed by atoms with Crippen molar-refractivity contribution in [3.8, 4) is 0 Å². The molecule has 0 radical (unpaired) electrons. The number of rotatable bonds is 3. The average Bonchev–Trinajstić information content (AvgIpc) is 2.40. The molecule has 1 atom stereocenters. The third-order valence-electron chi connectivity index (χ3n) is 3.23. The number of pyridine rings is 1. The summed E-state index contributed by atoms with van der Waals surface area (Å²) in [6.07, 6.45) is 4.15. The Balaban J connectivity index is 1.89. The van der Waals surface area contributed by atoms with Gasteiger partial charge in [0.25, 0.3) is 0 Å². The predicted octanol–water partition coefficient (Wildman–Crippen LogP) is 1.01. The molecule has 1 saturated heterocycles. The van der Waals surface area contributed by atoms with Gasteiger partial charge in [0.1, 0.15) is 0 Å². The largest absolute Gasteiger partial charge is 0.340 e. The zero-order valence-corrected chi connectivity index (χ0v) is 10.2. The molecule has 2 rings (SSSR count). The van der Waals surface area contributed by atoms with E-state index in [0.717, 1.165) is 26.2 Å². The van der Waals surface area contributed by atoms with Crippen molar-refractivity contribution in [1.82, 2.24) is 15.2 Å². The molecule has 4 heteroatoms. The van der Waals surface area contributed by atoms with Crippen molar-refractivity contribution in [3.63, 3.8) is 0 Å². The summed E-state index contributed by atoms with van der Waals surface area (Å²) in [5.74, 6) is 0.524. The quantitative estimate of drug-likeness (QED) is 0.847. The number of hydrogen-bond acceptors (Lipinski definition) is 3. The fourth-order valence-corrected chi connectivity index (χ4v) is 2.12. The number of carbonyl (C=O) groups is 1. The molecule has 1 aromatic rings. The molecule has 4 nitrogen and oxygen atoms in total. The molecule has 0 saturated carbocycles. The van der Waals surface area contributed by atoms with Crippen LogP contribution >= 0.6 is 0 Å². The van der Waals surface area contributed by atoms with Gasteiger partial charge in [0.05, 0.1) is 0 Å². The summed E-state index contributed by atoms with van der Waals surface area (Å²) in [5.41, 5.74) is 1.18. The third kappa shape index (κ3) is 3.27. The zero-order chi connectivity index (χ0) is 12.1. The summed E-state index contributed by atoms with van der Waals surface area (Å²) >= 11 is 0. The summed E-state index contributed by atoms with van der Waals surface area (Å²) in [4.78, 5) is 18.0. The number of aromatic nitrogens is 1. The molecule has 0 bridgehead atoms. The van der Waals surface area contributed by atoms with E-state index in [0.29, 0.717) is 6.42 Å². The highest BCUT2D eigenvalue weighted by molar-refractivity contribution is 5.77. The second-order valence-corrected chi connectivity index (χ2v) is 4.52. The van der Waals surface area contributed by atoms with Crippen LogP contribution in [-0.4, -0.2) is 42.0 Å². The molecular weight excluding hydrogens is 214 g/mol. The van der Waals surface area contributed by atoms with Crippen molar-refractivity contribution in [3.05, 3.63) is 30.1 Å². The van der Waals surface area contributed by atoms with Crippen molar-refractivity contribution in [2.45, 2.75) is 19.3 Å². The van der Waals surface area contributed by atoms with Crippen molar-refractivity contribution < 1.29 is 4.79 Å². The van der Waals surface area contributed by atoms with Crippen molar-refractivity contribution in [2.24, 2.45) is 0 Å². The second kappa shape index (κ2) is 5.77. The van der Waals surface area contributed by atoms with Crippen LogP contribution < -0.4 is 5.32 Å². The first-order valence-electron chi connectivity index (χ1n) is 6.16. The van der Waals surface area contributed by atoms with Gasteiger partial charge in [-0.3, -0.25) is 9.78 Å². The van der Waals surface area contributed by atoms with E-state index in [1.54, 1.807) is 12.4 Å². The molecule has 0 aliphatic carbocycles. The predicted molar refractivity (Wildman–Crippen MR) is 66.7 cm³/mol. The van der Waals surface area contributed by atoms with Crippen LogP contribution in [0.15, 0.2) is 24.5 Å². The maximum Gasteiger partial charge on any atom is 0.223 e. The maximum absolute atomic E-state index is 12.1. The Morgan fingerprint density at radius 1 is 1.41 bits per heavy atom. The van der Waals surface area contributed by atoms with E-state index in [1.807, 2.05) is 17.0 Å². The van der Waals surface area contributed by atoms with Crippen molar-refractivity contribution in [1.29, 1.82) is 0 Å². The molecule has 1 aliphatic rings. The van der Waals surface area contributed by atoms with Crippen LogP contribution in [0.5, 0.6) is 0 Å². The summed E-state index contributed by atoms with van der Waals surface area (Å²) in [5, 5.41) is 3.25. The Kier molecular flexibility index (Phi) is 4.09. The first-order chi connectivity index (χ1) is 8.27. The lowest BCUT2D eigenvalue weighted by atomic mass is 9.98. The first-order valence-corrected chi connectivity index (χ1v) is 6.16. The van der Waals surface area contributed by atoms with Gasteiger partial charge in [0.15, 0.2) is 0 Å². The normalized spacial score (nSPS) is 17.8. The number of hydrogen-bond donors (Lipinski definition) is 1. The van der Waals surface area contributed by atoms with E-state index in [-0.39, 0.29) is 11.8 Å². The number of piperazine rings is 1. The van der Waals surface area contributed by atoms with Gasteiger partial charge in [-0.05, 0) is 23.6 Å². The van der Waals surface area contributed by atoms with Gasteiger partial charge in [-0.15, -0.1) is 0 Å². The first kappa shape index (κ1) is 12.0. The Morgan fingerprint density at radius 2 is 2.06 bits per heavy atom. The molecule has 1 aliphatic heterocycles. The van der Waals surface area contributed by atoms with Crippen LogP contribution in [0.4, 0.5) is 0 Å². The molecule has 0 spiro atoms. The number of nitrogens with one attached hydrogen (secondary N) is 1. The van der Waals surface area contributed by atoms with Crippen molar-refractivity contribution >= 4 is 5.91 Å². The molecule has 1 N–H and O–H groups in total. The van der Waals surface area contributed by atoms with Gasteiger partial charge in [-0.2, -0.15) is 0 Å². The van der Waals surface area contributed by atoms with E-state index < -0.39 is 0 Å². The minimum absolute atomic E-state index is 0.260. The molecule has 2 heterocycles. The molecule has 17 heavy (non-hydrogen) atoms. The zero-order valence-electron chi connectivity index (χ0n) is 10.2. The Hall–Kier alpha value is -1.42. The fraction of sp³-hybridized carbons (Fsp3) is 0.538. The van der Waals surface area contributed by atoms with Crippen LogP contribution in [0.3, 0.4) is 0 Å². The highest BCUT2D eigenvalue weighted by atomic mass is 16.2. The molecule has 0 aromatic carbocycles. The van der Waals surface area contributed by atoms with E-state index >= 15 is 0 Å². The van der Waals surface area contributed by atoms with Gasteiger partial charge >= 0.3 is 0 Å². The van der Waals surface area contributed by atoms with Gasteiger partial charge in [0, 0.05) is 45.0 Å². The van der Waals surface area contributed by atoms with Crippen LogP contribution in [0.2, 0.25) is 0 Å². The summed E-state index contributed by atoms with van der Waals surface area (Å²) in [6.45, 7) is 5.59. The summed E-state index contributed by atoms with van der Waals surface area (Å²) in [6, 6.07) is 3.96. The van der Waals surface area contributed by atoms with Gasteiger partial charge in [-0.1, -0.05) is 6.92 Å². The van der Waals surface area contributed by atoms with Crippen LogP contribution in [0.1, 0.15) is 24.8 Å². The maximum atomic E-state index is 12.1. The fourth-order valence-electron chi connectivity index (χ4n) is 2.12. The molecule has 1 fully saturated rings. The van der Waals surface area contributed by atoms with Crippen LogP contribution in [0, 0.1) is 0 Å². The number of nitrogens with zero attached hydrogens (tertiary/aromatic N) is 2. The lowest BCUT2D eigenvalue weighted by molar-refractivity contribution is -0.132. The lowest BCUT2D eigenvalue weighted by Crippen LogP contribution is -2.46. The van der Waals surface area contributed by atoms with E-state index in [4.69, 9.17) is 0 Å². The summed E-state index contributed by atoms with van der Waals surface area (Å²) in [7, 11) is 0. The third-order valence-corrected chi connectivity index (χ3v) is 3.23. The van der Waals surface area contributed by atoms with Crippen LogP contribution in [0.25, 0.3) is 0 Å².